The number of anilines is 1. The topological polar surface area (TPSA) is 139 Å². The maximum atomic E-state index is 12.4. The summed E-state index contributed by atoms with van der Waals surface area (Å²) in [6, 6.07) is 5.32. The number of ether oxygens (including phenoxy) is 1. The molecule has 3 rings (SSSR count). The number of Topliss-reactive ketones (excluding diaryl/α,β-unsaturated/α-hetero) is 1. The van der Waals surface area contributed by atoms with E-state index in [1.807, 2.05) is 0 Å². The van der Waals surface area contributed by atoms with Crippen molar-refractivity contribution in [3.05, 3.63) is 61.4 Å². The average molecular weight is 415 g/mol. The third-order valence-corrected chi connectivity index (χ3v) is 5.35. The molecular formula is C18H17N5O5S. The molecule has 10 nitrogen and oxygen atoms in total. The van der Waals surface area contributed by atoms with Gasteiger partial charge in [0.1, 0.15) is 21.3 Å². The zero-order valence-electron chi connectivity index (χ0n) is 15.8. The van der Waals surface area contributed by atoms with Gasteiger partial charge in [0.2, 0.25) is 5.78 Å². The average Bonchev–Trinajstić information content (AvgIpc) is 3.11. The Morgan fingerprint density at radius 3 is 2.59 bits per heavy atom. The first kappa shape index (κ1) is 20.1. The minimum absolute atomic E-state index is 0.222. The number of nitrogens with zero attached hydrogens (tertiary/aromatic N) is 4. The fraction of sp³-hybridized carbons (Fsp3) is 0.222. The molecule has 0 aliphatic rings. The minimum Gasteiger partial charge on any atom is -0.453 e. The summed E-state index contributed by atoms with van der Waals surface area (Å²) in [6.45, 7) is 0.939. The van der Waals surface area contributed by atoms with Gasteiger partial charge >= 0.3 is 11.7 Å². The predicted molar refractivity (Wildman–Crippen MR) is 106 cm³/mol. The lowest BCUT2D eigenvalue weighted by Crippen LogP contribution is -2.42. The zero-order valence-corrected chi connectivity index (χ0v) is 16.6. The Bertz CT molecular complexity index is 1230. The highest BCUT2D eigenvalue weighted by atomic mass is 32.1. The van der Waals surface area contributed by atoms with Crippen LogP contribution < -0.4 is 17.0 Å². The van der Waals surface area contributed by atoms with Gasteiger partial charge in [0.25, 0.3) is 5.56 Å². The van der Waals surface area contributed by atoms with E-state index in [0.29, 0.717) is 16.4 Å². The summed E-state index contributed by atoms with van der Waals surface area (Å²) in [7, 11) is 2.56. The first-order valence-electron chi connectivity index (χ1n) is 8.37. The van der Waals surface area contributed by atoms with Crippen LogP contribution >= 0.6 is 11.3 Å². The number of hydrogen-bond donors (Lipinski definition) is 1. The molecule has 0 amide bonds. The van der Waals surface area contributed by atoms with Crippen LogP contribution in [0, 0.1) is 6.92 Å². The van der Waals surface area contributed by atoms with Crippen molar-refractivity contribution < 1.29 is 14.3 Å². The van der Waals surface area contributed by atoms with Crippen LogP contribution in [0.15, 0.2) is 34.0 Å². The standard InChI is InChI=1S/C18H17N5O5S/c1-9-13(29-15(21-9)10-6-4-5-7-20-10)17(26)28-8-11(24)12-14(19)22(2)18(27)23(3)16(12)25/h4-7H,8,19H2,1-3H3. The van der Waals surface area contributed by atoms with E-state index in [2.05, 4.69) is 9.97 Å². The minimum atomic E-state index is -0.849. The first-order valence-corrected chi connectivity index (χ1v) is 9.18. The SMILES string of the molecule is Cc1nc(-c2ccccn2)sc1C(=O)OCC(=O)c1c(N)n(C)c(=O)n(C)c1=O. The molecular weight excluding hydrogens is 398 g/mol. The number of nitrogens with two attached hydrogens (primary N) is 1. The number of hydrogen-bond acceptors (Lipinski definition) is 9. The van der Waals surface area contributed by atoms with Crippen molar-refractivity contribution in [2.45, 2.75) is 6.92 Å². The van der Waals surface area contributed by atoms with Gasteiger partial charge in [0, 0.05) is 20.3 Å². The number of thiazole rings is 1. The lowest BCUT2D eigenvalue weighted by Gasteiger charge is -2.10. The maximum absolute atomic E-state index is 12.4. The number of carbonyl (C=O) groups is 2. The molecule has 3 aromatic heterocycles. The number of nitrogen functional groups attached to an aromatic ring is 1. The van der Waals surface area contributed by atoms with Crippen molar-refractivity contribution >= 4 is 28.9 Å². The van der Waals surface area contributed by atoms with Crippen molar-refractivity contribution in [1.82, 2.24) is 19.1 Å². The number of aryl methyl sites for hydroxylation is 1. The van der Waals surface area contributed by atoms with E-state index < -0.39 is 35.2 Å². The highest BCUT2D eigenvalue weighted by Crippen LogP contribution is 2.26. The molecule has 0 aliphatic carbocycles. The van der Waals surface area contributed by atoms with Crippen LogP contribution in [0.3, 0.4) is 0 Å². The Morgan fingerprint density at radius 2 is 1.93 bits per heavy atom. The van der Waals surface area contributed by atoms with Crippen LogP contribution in [0.5, 0.6) is 0 Å². The fourth-order valence-electron chi connectivity index (χ4n) is 2.58. The summed E-state index contributed by atoms with van der Waals surface area (Å²) in [6.07, 6.45) is 1.61. The number of pyridine rings is 1. The normalized spacial score (nSPS) is 10.7. The van der Waals surface area contributed by atoms with Crippen LogP contribution in [0.2, 0.25) is 0 Å². The van der Waals surface area contributed by atoms with E-state index in [1.165, 1.54) is 14.1 Å². The molecule has 0 unspecified atom stereocenters. The molecule has 0 atom stereocenters. The maximum Gasteiger partial charge on any atom is 0.350 e. The molecule has 11 heteroatoms. The van der Waals surface area contributed by atoms with Crippen molar-refractivity contribution in [2.24, 2.45) is 14.1 Å². The van der Waals surface area contributed by atoms with E-state index in [1.54, 1.807) is 31.3 Å². The fourth-order valence-corrected chi connectivity index (χ4v) is 3.51. The van der Waals surface area contributed by atoms with Gasteiger partial charge in [0.05, 0.1) is 11.4 Å². The summed E-state index contributed by atoms with van der Waals surface area (Å²) in [4.78, 5) is 57.6. The molecule has 0 saturated carbocycles. The largest absolute Gasteiger partial charge is 0.453 e. The Hall–Kier alpha value is -3.60. The van der Waals surface area contributed by atoms with Crippen molar-refractivity contribution in [1.29, 1.82) is 0 Å². The molecule has 29 heavy (non-hydrogen) atoms. The highest BCUT2D eigenvalue weighted by molar-refractivity contribution is 7.17. The van der Waals surface area contributed by atoms with Gasteiger partial charge in [-0.2, -0.15) is 0 Å². The van der Waals surface area contributed by atoms with E-state index in [9.17, 15) is 19.2 Å². The lowest BCUT2D eigenvalue weighted by atomic mass is 10.2. The van der Waals surface area contributed by atoms with Crippen LogP contribution in [-0.2, 0) is 18.8 Å². The predicted octanol–water partition coefficient (Wildman–Crippen LogP) is 0.533. The second-order valence-electron chi connectivity index (χ2n) is 6.11. The lowest BCUT2D eigenvalue weighted by molar-refractivity contribution is 0.0478. The van der Waals surface area contributed by atoms with Crippen LogP contribution in [0.1, 0.15) is 25.7 Å². The molecule has 0 radical (unpaired) electrons. The van der Waals surface area contributed by atoms with Crippen LogP contribution in [0.25, 0.3) is 10.7 Å². The molecule has 0 spiro atoms. The second-order valence-corrected chi connectivity index (χ2v) is 7.11. The van der Waals surface area contributed by atoms with Gasteiger partial charge in [-0.1, -0.05) is 6.07 Å². The third-order valence-electron chi connectivity index (χ3n) is 4.19. The van der Waals surface area contributed by atoms with Crippen LogP contribution in [0.4, 0.5) is 5.82 Å². The first-order chi connectivity index (χ1) is 13.7. The molecule has 0 saturated heterocycles. The summed E-state index contributed by atoms with van der Waals surface area (Å²) in [5.41, 5.74) is 4.86. The Labute approximate surface area is 168 Å². The molecule has 0 bridgehead atoms. The Morgan fingerprint density at radius 1 is 1.21 bits per heavy atom. The number of carbonyl (C=O) groups excluding carboxylic acids is 2. The Balaban J connectivity index is 1.80. The summed E-state index contributed by atoms with van der Waals surface area (Å²) in [5.74, 6) is -1.85. The summed E-state index contributed by atoms with van der Waals surface area (Å²) in [5, 5.41) is 0.539. The van der Waals surface area contributed by atoms with E-state index >= 15 is 0 Å². The van der Waals surface area contributed by atoms with Crippen LogP contribution in [-0.4, -0.2) is 37.5 Å². The van der Waals surface area contributed by atoms with E-state index in [4.69, 9.17) is 10.5 Å². The van der Waals surface area contributed by atoms with Crippen molar-refractivity contribution in [2.75, 3.05) is 12.3 Å². The molecule has 3 aromatic rings. The molecule has 0 aromatic carbocycles. The van der Waals surface area contributed by atoms with Crippen molar-refractivity contribution in [3.8, 4) is 10.7 Å². The van der Waals surface area contributed by atoms with Gasteiger partial charge in [0.15, 0.2) is 6.61 Å². The number of esters is 1. The molecule has 0 aliphatic heterocycles. The number of ketones is 1. The molecule has 3 heterocycles. The number of rotatable bonds is 5. The van der Waals surface area contributed by atoms with Gasteiger partial charge in [-0.25, -0.2) is 14.6 Å². The third kappa shape index (κ3) is 3.72. The summed E-state index contributed by atoms with van der Waals surface area (Å²) >= 11 is 1.09. The van der Waals surface area contributed by atoms with E-state index in [-0.39, 0.29) is 10.7 Å². The number of aromatic nitrogens is 4. The van der Waals surface area contributed by atoms with Gasteiger partial charge in [-0.3, -0.25) is 23.7 Å². The summed E-state index contributed by atoms with van der Waals surface area (Å²) < 4.78 is 6.80. The molecule has 150 valence electrons. The van der Waals surface area contributed by atoms with Gasteiger partial charge < -0.3 is 10.5 Å². The molecule has 0 fully saturated rings. The Kier molecular flexibility index (Phi) is 5.41. The zero-order chi connectivity index (χ0) is 21.3. The smallest absolute Gasteiger partial charge is 0.350 e. The van der Waals surface area contributed by atoms with E-state index in [0.717, 1.165) is 20.5 Å². The van der Waals surface area contributed by atoms with Gasteiger partial charge in [-0.05, 0) is 19.1 Å². The molecule has 2 N–H and O–H groups in total. The van der Waals surface area contributed by atoms with Crippen molar-refractivity contribution in [3.63, 3.8) is 0 Å². The quantitative estimate of drug-likeness (QED) is 0.470. The highest BCUT2D eigenvalue weighted by Gasteiger charge is 2.23. The van der Waals surface area contributed by atoms with Gasteiger partial charge in [-0.15, -0.1) is 11.3 Å². The monoisotopic (exact) mass is 415 g/mol. The second kappa shape index (κ2) is 7.80.